The van der Waals surface area contributed by atoms with E-state index in [2.05, 4.69) is 15.2 Å². The molecule has 2 aromatic rings. The largest absolute Gasteiger partial charge is 0.475 e. The quantitative estimate of drug-likeness (QED) is 0.934. The summed E-state index contributed by atoms with van der Waals surface area (Å²) in [4.78, 5) is 11.7. The van der Waals surface area contributed by atoms with Crippen molar-refractivity contribution in [1.82, 2.24) is 15.3 Å². The Hall–Kier alpha value is -1.88. The van der Waals surface area contributed by atoms with Crippen molar-refractivity contribution in [2.75, 3.05) is 31.6 Å². The maximum atomic E-state index is 5.73. The van der Waals surface area contributed by atoms with Crippen molar-refractivity contribution >= 4 is 16.9 Å². The molecule has 21 heavy (non-hydrogen) atoms. The summed E-state index contributed by atoms with van der Waals surface area (Å²) in [5, 5.41) is 3.36. The van der Waals surface area contributed by atoms with E-state index in [-0.39, 0.29) is 0 Å². The number of nitrogens with zero attached hydrogens (tertiary/aromatic N) is 3. The highest BCUT2D eigenvalue weighted by atomic mass is 16.5. The van der Waals surface area contributed by atoms with Gasteiger partial charge in [0.15, 0.2) is 5.82 Å². The van der Waals surface area contributed by atoms with E-state index < -0.39 is 0 Å². The second-order valence-corrected chi connectivity index (χ2v) is 5.35. The zero-order chi connectivity index (χ0) is 14.7. The van der Waals surface area contributed by atoms with Gasteiger partial charge in [0, 0.05) is 19.1 Å². The van der Waals surface area contributed by atoms with Crippen molar-refractivity contribution in [2.24, 2.45) is 0 Å². The Labute approximate surface area is 125 Å². The van der Waals surface area contributed by atoms with Gasteiger partial charge in [-0.05, 0) is 38.9 Å². The van der Waals surface area contributed by atoms with Gasteiger partial charge in [0.25, 0.3) is 5.88 Å². The molecule has 1 aromatic carbocycles. The highest BCUT2D eigenvalue weighted by molar-refractivity contribution is 5.77. The number of ether oxygens (including phenoxy) is 1. The number of nitrogens with one attached hydrogen (secondary N) is 1. The summed E-state index contributed by atoms with van der Waals surface area (Å²) in [5.74, 6) is 1.52. The van der Waals surface area contributed by atoms with Gasteiger partial charge in [0.2, 0.25) is 0 Å². The van der Waals surface area contributed by atoms with Crippen LogP contribution >= 0.6 is 0 Å². The van der Waals surface area contributed by atoms with Crippen LogP contribution in [0.2, 0.25) is 0 Å². The number of hydrogen-bond donors (Lipinski definition) is 1. The van der Waals surface area contributed by atoms with Crippen LogP contribution in [0.1, 0.15) is 19.8 Å². The van der Waals surface area contributed by atoms with Gasteiger partial charge in [-0.15, -0.1) is 0 Å². The van der Waals surface area contributed by atoms with Crippen LogP contribution in [-0.2, 0) is 0 Å². The lowest BCUT2D eigenvalue weighted by Gasteiger charge is -2.33. The zero-order valence-corrected chi connectivity index (χ0v) is 12.7. The molecule has 1 aromatic heterocycles. The fourth-order valence-electron chi connectivity index (χ4n) is 2.82. The summed E-state index contributed by atoms with van der Waals surface area (Å²) in [6.07, 6.45) is 2.36. The predicted octanol–water partition coefficient (Wildman–Crippen LogP) is 2.22. The molecule has 5 heteroatoms. The number of piperidine rings is 1. The molecule has 1 aliphatic heterocycles. The van der Waals surface area contributed by atoms with Crippen LogP contribution in [0, 0.1) is 0 Å². The number of rotatable bonds is 4. The van der Waals surface area contributed by atoms with Crippen LogP contribution in [0.4, 0.5) is 5.82 Å². The maximum absolute atomic E-state index is 5.73. The minimum absolute atomic E-state index is 0.501. The number of aromatic nitrogens is 2. The van der Waals surface area contributed by atoms with Gasteiger partial charge in [-0.3, -0.25) is 0 Å². The van der Waals surface area contributed by atoms with E-state index in [9.17, 15) is 0 Å². The van der Waals surface area contributed by atoms with Gasteiger partial charge in [0.05, 0.1) is 17.6 Å². The lowest BCUT2D eigenvalue weighted by Crippen LogP contribution is -2.45. The third-order valence-electron chi connectivity index (χ3n) is 3.93. The van der Waals surface area contributed by atoms with Gasteiger partial charge in [-0.1, -0.05) is 12.1 Å². The molecule has 1 fully saturated rings. The lowest BCUT2D eigenvalue weighted by atomic mass is 10.1. The first kappa shape index (κ1) is 14.1. The molecule has 0 radical (unpaired) electrons. The number of likely N-dealkylation sites (N-methyl/N-ethyl adjacent to an activating group) is 1. The predicted molar refractivity (Wildman–Crippen MR) is 85.0 cm³/mol. The van der Waals surface area contributed by atoms with E-state index in [4.69, 9.17) is 9.72 Å². The summed E-state index contributed by atoms with van der Waals surface area (Å²) in [6, 6.07) is 8.45. The van der Waals surface area contributed by atoms with Crippen molar-refractivity contribution in [1.29, 1.82) is 0 Å². The Kier molecular flexibility index (Phi) is 4.20. The minimum Gasteiger partial charge on any atom is -0.475 e. The summed E-state index contributed by atoms with van der Waals surface area (Å²) in [6.45, 7) is 4.53. The normalized spacial score (nSPS) is 19.0. The highest BCUT2D eigenvalue weighted by Crippen LogP contribution is 2.29. The molecule has 5 nitrogen and oxygen atoms in total. The SMILES string of the molecule is CCOc1nc2ccccc2nc1N1CCC[C@@H](NC)C1. The average molecular weight is 286 g/mol. The van der Waals surface area contributed by atoms with Crippen LogP contribution in [0.25, 0.3) is 11.0 Å². The second kappa shape index (κ2) is 6.26. The van der Waals surface area contributed by atoms with E-state index in [0.29, 0.717) is 18.5 Å². The average Bonchev–Trinajstić information content (AvgIpc) is 2.54. The molecule has 0 spiro atoms. The fourth-order valence-corrected chi connectivity index (χ4v) is 2.82. The summed E-state index contributed by atoms with van der Waals surface area (Å²) in [5.41, 5.74) is 1.80. The van der Waals surface area contributed by atoms with Crippen molar-refractivity contribution < 1.29 is 4.74 Å². The number of benzene rings is 1. The van der Waals surface area contributed by atoms with E-state index >= 15 is 0 Å². The monoisotopic (exact) mass is 286 g/mol. The Morgan fingerprint density at radius 1 is 1.29 bits per heavy atom. The van der Waals surface area contributed by atoms with Crippen molar-refractivity contribution in [3.63, 3.8) is 0 Å². The molecular weight excluding hydrogens is 264 g/mol. The Morgan fingerprint density at radius 3 is 2.76 bits per heavy atom. The Bertz CT molecular complexity index is 616. The Morgan fingerprint density at radius 2 is 2.05 bits per heavy atom. The number of anilines is 1. The molecular formula is C16H22N4O. The van der Waals surface area contributed by atoms with Gasteiger partial charge in [0.1, 0.15) is 0 Å². The van der Waals surface area contributed by atoms with E-state index in [1.165, 1.54) is 6.42 Å². The zero-order valence-electron chi connectivity index (χ0n) is 12.7. The van der Waals surface area contributed by atoms with Crippen molar-refractivity contribution in [3.05, 3.63) is 24.3 Å². The van der Waals surface area contributed by atoms with E-state index in [0.717, 1.165) is 36.4 Å². The van der Waals surface area contributed by atoms with Crippen molar-refractivity contribution in [2.45, 2.75) is 25.8 Å². The molecule has 0 aliphatic carbocycles. The third kappa shape index (κ3) is 2.93. The van der Waals surface area contributed by atoms with Crippen LogP contribution in [0.15, 0.2) is 24.3 Å². The van der Waals surface area contributed by atoms with Gasteiger partial charge in [-0.25, -0.2) is 9.97 Å². The third-order valence-corrected chi connectivity index (χ3v) is 3.93. The van der Waals surface area contributed by atoms with Gasteiger partial charge < -0.3 is 15.0 Å². The molecule has 112 valence electrons. The first-order valence-electron chi connectivity index (χ1n) is 7.63. The maximum Gasteiger partial charge on any atom is 0.258 e. The molecule has 0 unspecified atom stereocenters. The number of hydrogen-bond acceptors (Lipinski definition) is 5. The van der Waals surface area contributed by atoms with Crippen LogP contribution in [0.5, 0.6) is 5.88 Å². The topological polar surface area (TPSA) is 50.3 Å². The van der Waals surface area contributed by atoms with E-state index in [1.54, 1.807) is 0 Å². The smallest absolute Gasteiger partial charge is 0.258 e. The molecule has 0 amide bonds. The van der Waals surface area contributed by atoms with Gasteiger partial charge in [-0.2, -0.15) is 0 Å². The molecule has 0 saturated carbocycles. The standard InChI is InChI=1S/C16H22N4O/c1-3-21-16-15(20-10-6-7-12(11-20)17-2)18-13-8-4-5-9-14(13)19-16/h4-5,8-9,12,17H,3,6-7,10-11H2,1-2H3/t12-/m1/s1. The molecule has 1 aliphatic rings. The summed E-state index contributed by atoms with van der Waals surface area (Å²) < 4.78 is 5.73. The molecule has 1 atom stereocenters. The second-order valence-electron chi connectivity index (χ2n) is 5.35. The number of fused-ring (bicyclic) bond motifs is 1. The van der Waals surface area contributed by atoms with Crippen LogP contribution in [-0.4, -0.2) is 42.8 Å². The summed E-state index contributed by atoms with van der Waals surface area (Å²) >= 11 is 0. The van der Waals surface area contributed by atoms with Crippen LogP contribution in [0.3, 0.4) is 0 Å². The highest BCUT2D eigenvalue weighted by Gasteiger charge is 2.23. The molecule has 2 heterocycles. The van der Waals surface area contributed by atoms with Crippen LogP contribution < -0.4 is 15.0 Å². The van der Waals surface area contributed by atoms with Gasteiger partial charge >= 0.3 is 0 Å². The van der Waals surface area contributed by atoms with Crippen molar-refractivity contribution in [3.8, 4) is 5.88 Å². The van der Waals surface area contributed by atoms with E-state index in [1.807, 2.05) is 38.2 Å². The molecule has 1 N–H and O–H groups in total. The molecule has 3 rings (SSSR count). The molecule has 0 bridgehead atoms. The molecule has 1 saturated heterocycles. The summed E-state index contributed by atoms with van der Waals surface area (Å²) in [7, 11) is 2.02. The Balaban J connectivity index is 2.00. The fraction of sp³-hybridized carbons (Fsp3) is 0.500. The number of para-hydroxylation sites is 2. The first-order chi connectivity index (χ1) is 10.3. The first-order valence-corrected chi connectivity index (χ1v) is 7.63. The minimum atomic E-state index is 0.501. The lowest BCUT2D eigenvalue weighted by molar-refractivity contribution is 0.325.